The molecule has 0 spiro atoms. The van der Waals surface area contributed by atoms with Crippen molar-refractivity contribution < 1.29 is 54.3 Å². The third-order valence-corrected chi connectivity index (χ3v) is 4.97. The molecular weight excluding hydrogens is 437 g/mol. The fraction of sp³-hybridized carbons (Fsp3) is 0.588. The van der Waals surface area contributed by atoms with E-state index < -0.39 is 45.7 Å². The maximum Gasteiger partial charge on any atom is 0.523 e. The molecule has 9 nitrogen and oxygen atoms in total. The molecule has 1 aromatic rings. The molecule has 1 aromatic carbocycles. The second kappa shape index (κ2) is 8.96. The average molecular weight is 458 g/mol. The first-order valence-corrected chi connectivity index (χ1v) is 9.90. The van der Waals surface area contributed by atoms with Crippen molar-refractivity contribution in [3.05, 3.63) is 24.3 Å². The van der Waals surface area contributed by atoms with Crippen LogP contribution in [-0.2, 0) is 33.3 Å². The largest absolute Gasteiger partial charge is 0.523 e. The van der Waals surface area contributed by atoms with E-state index in [0.29, 0.717) is 11.5 Å². The molecule has 0 radical (unpaired) electrons. The summed E-state index contributed by atoms with van der Waals surface area (Å²) in [6.45, 7) is 2.57. The van der Waals surface area contributed by atoms with Crippen molar-refractivity contribution in [3.8, 4) is 11.5 Å². The molecule has 2 rings (SSSR count). The number of rotatable bonds is 8. The monoisotopic (exact) mass is 458 g/mol. The van der Waals surface area contributed by atoms with Crippen LogP contribution in [0.3, 0.4) is 0 Å². The zero-order chi connectivity index (χ0) is 22.7. The Labute approximate surface area is 171 Å². The van der Waals surface area contributed by atoms with Crippen molar-refractivity contribution in [2.75, 3.05) is 20.8 Å². The average Bonchev–Trinajstić information content (AvgIpc) is 2.97. The van der Waals surface area contributed by atoms with Gasteiger partial charge in [0.15, 0.2) is 5.79 Å². The van der Waals surface area contributed by atoms with Gasteiger partial charge in [0.05, 0.1) is 14.2 Å². The third kappa shape index (κ3) is 5.74. The highest BCUT2D eigenvalue weighted by molar-refractivity contribution is 7.87. The Morgan fingerprint density at radius 1 is 1.13 bits per heavy atom. The summed E-state index contributed by atoms with van der Waals surface area (Å²) in [7, 11) is -3.77. The Kier molecular flexibility index (Phi) is 7.22. The van der Waals surface area contributed by atoms with E-state index in [2.05, 4.69) is 8.92 Å². The molecule has 3 atom stereocenters. The number of esters is 1. The minimum Gasteiger partial charge on any atom is -0.497 e. The molecule has 0 N–H and O–H groups in total. The molecule has 0 aliphatic carbocycles. The van der Waals surface area contributed by atoms with Crippen LogP contribution in [0.5, 0.6) is 11.5 Å². The lowest BCUT2D eigenvalue weighted by Crippen LogP contribution is -2.47. The molecular formula is C17H21F3O9S. The first kappa shape index (κ1) is 24.2. The summed E-state index contributed by atoms with van der Waals surface area (Å²) >= 11 is 0. The van der Waals surface area contributed by atoms with Gasteiger partial charge >= 0.3 is 21.6 Å². The lowest BCUT2D eigenvalue weighted by Gasteiger charge is -2.24. The van der Waals surface area contributed by atoms with Crippen molar-refractivity contribution in [1.82, 2.24) is 0 Å². The Bertz CT molecular complexity index is 837. The summed E-state index contributed by atoms with van der Waals surface area (Å²) in [6, 6.07) is 6.35. The number of carbonyl (C=O) groups is 1. The van der Waals surface area contributed by atoms with Crippen LogP contribution in [0.4, 0.5) is 13.2 Å². The predicted molar refractivity (Wildman–Crippen MR) is 94.2 cm³/mol. The predicted octanol–water partition coefficient (Wildman–Crippen LogP) is 2.00. The number of benzene rings is 1. The highest BCUT2D eigenvalue weighted by atomic mass is 32.2. The van der Waals surface area contributed by atoms with Crippen LogP contribution in [0, 0.1) is 0 Å². The number of ether oxygens (including phenoxy) is 5. The lowest BCUT2D eigenvalue weighted by molar-refractivity contribution is -0.169. The number of halogens is 3. The number of hydrogen-bond acceptors (Lipinski definition) is 9. The second-order valence-corrected chi connectivity index (χ2v) is 8.13. The molecule has 1 aliphatic heterocycles. The maximum atomic E-state index is 12.8. The Hall–Kier alpha value is -2.09. The van der Waals surface area contributed by atoms with E-state index in [4.69, 9.17) is 18.9 Å². The van der Waals surface area contributed by atoms with Crippen LogP contribution in [0.25, 0.3) is 0 Å². The van der Waals surface area contributed by atoms with Crippen LogP contribution in [0.2, 0.25) is 0 Å². The van der Waals surface area contributed by atoms with Crippen molar-refractivity contribution in [2.24, 2.45) is 0 Å². The molecule has 1 heterocycles. The molecule has 30 heavy (non-hydrogen) atoms. The minimum atomic E-state index is -6.12. The molecule has 0 bridgehead atoms. The van der Waals surface area contributed by atoms with Crippen LogP contribution < -0.4 is 9.47 Å². The number of methoxy groups -OCH3 is 2. The summed E-state index contributed by atoms with van der Waals surface area (Å²) in [4.78, 5) is 12.0. The standard InChI is InChI=1S/C17H21F3O9S/c1-16(2)27-12(9-26-11-7-5-10(24-3)6-8-11)13(28-16)14(15(21)25-4)29-30(22,23)17(18,19)20/h5-8,12-14H,9H2,1-4H3/t12-,13+,14-/m0/s1. The van der Waals surface area contributed by atoms with E-state index >= 15 is 0 Å². The molecule has 170 valence electrons. The summed E-state index contributed by atoms with van der Waals surface area (Å²) in [5, 5.41) is 0. The molecule has 0 amide bonds. The Morgan fingerprint density at radius 2 is 1.70 bits per heavy atom. The van der Waals surface area contributed by atoms with Crippen molar-refractivity contribution in [1.29, 1.82) is 0 Å². The molecule has 1 aliphatic rings. The van der Waals surface area contributed by atoms with E-state index in [1.54, 1.807) is 24.3 Å². The first-order valence-electron chi connectivity index (χ1n) is 8.49. The summed E-state index contributed by atoms with van der Waals surface area (Å²) < 4.78 is 91.3. The van der Waals surface area contributed by atoms with Gasteiger partial charge in [-0.05, 0) is 38.1 Å². The zero-order valence-electron chi connectivity index (χ0n) is 16.5. The SMILES string of the molecule is COC(=O)[C@@H](OS(=O)(=O)C(F)(F)F)[C@@H]1OC(C)(C)O[C@H]1COc1ccc(OC)cc1. The van der Waals surface area contributed by atoms with Gasteiger partial charge in [-0.25, -0.2) is 8.98 Å². The van der Waals surface area contributed by atoms with Gasteiger partial charge in [-0.2, -0.15) is 21.6 Å². The van der Waals surface area contributed by atoms with E-state index in [1.165, 1.54) is 21.0 Å². The van der Waals surface area contributed by atoms with Crippen LogP contribution >= 0.6 is 0 Å². The van der Waals surface area contributed by atoms with Gasteiger partial charge in [0.2, 0.25) is 6.10 Å². The molecule has 0 unspecified atom stereocenters. The topological polar surface area (TPSA) is 107 Å². The van der Waals surface area contributed by atoms with Gasteiger partial charge in [-0.1, -0.05) is 0 Å². The number of alkyl halides is 3. The van der Waals surface area contributed by atoms with Crippen molar-refractivity contribution in [3.63, 3.8) is 0 Å². The van der Waals surface area contributed by atoms with Crippen molar-refractivity contribution in [2.45, 2.75) is 43.5 Å². The van der Waals surface area contributed by atoms with E-state index in [9.17, 15) is 26.4 Å². The summed E-state index contributed by atoms with van der Waals surface area (Å²) in [5.74, 6) is -1.82. The normalized spacial score (nSPS) is 22.4. The van der Waals surface area contributed by atoms with Gasteiger partial charge in [0, 0.05) is 0 Å². The van der Waals surface area contributed by atoms with E-state index in [0.717, 1.165) is 7.11 Å². The number of carbonyl (C=O) groups excluding carboxylic acids is 1. The highest BCUT2D eigenvalue weighted by Gasteiger charge is 2.55. The molecule has 1 fully saturated rings. The molecule has 0 aromatic heterocycles. The highest BCUT2D eigenvalue weighted by Crippen LogP contribution is 2.34. The van der Waals surface area contributed by atoms with Gasteiger partial charge in [0.1, 0.15) is 30.3 Å². The molecule has 1 saturated heterocycles. The quantitative estimate of drug-likeness (QED) is 0.328. The fourth-order valence-electron chi connectivity index (χ4n) is 2.63. The first-order chi connectivity index (χ1) is 13.8. The van der Waals surface area contributed by atoms with Gasteiger partial charge in [-0.3, -0.25) is 0 Å². The van der Waals surface area contributed by atoms with Gasteiger partial charge < -0.3 is 23.7 Å². The van der Waals surface area contributed by atoms with Gasteiger partial charge in [0.25, 0.3) is 0 Å². The summed E-state index contributed by atoms with van der Waals surface area (Å²) in [6.07, 6.45) is -5.00. The maximum absolute atomic E-state index is 12.8. The van der Waals surface area contributed by atoms with Crippen LogP contribution in [-0.4, -0.2) is 64.8 Å². The zero-order valence-corrected chi connectivity index (χ0v) is 17.3. The van der Waals surface area contributed by atoms with E-state index in [1.807, 2.05) is 0 Å². The second-order valence-electron chi connectivity index (χ2n) is 6.56. The lowest BCUT2D eigenvalue weighted by atomic mass is 10.1. The summed E-state index contributed by atoms with van der Waals surface area (Å²) in [5.41, 5.74) is -5.75. The Balaban J connectivity index is 2.24. The molecule has 13 heteroatoms. The number of hydrogen-bond donors (Lipinski definition) is 0. The molecule has 0 saturated carbocycles. The van der Waals surface area contributed by atoms with Crippen LogP contribution in [0.1, 0.15) is 13.8 Å². The third-order valence-electron chi connectivity index (χ3n) is 3.94. The minimum absolute atomic E-state index is 0.288. The Morgan fingerprint density at radius 3 is 2.20 bits per heavy atom. The van der Waals surface area contributed by atoms with Crippen molar-refractivity contribution >= 4 is 16.1 Å². The fourth-order valence-corrected chi connectivity index (χ4v) is 3.20. The van der Waals surface area contributed by atoms with Gasteiger partial charge in [-0.15, -0.1) is 0 Å². The smallest absolute Gasteiger partial charge is 0.497 e. The van der Waals surface area contributed by atoms with E-state index in [-0.39, 0.29) is 6.61 Å². The van der Waals surface area contributed by atoms with Crippen LogP contribution in [0.15, 0.2) is 24.3 Å².